The standard InChI is InChI=1S/C13H18O5S/c1-5-17-12(14)13(3,4)18-19(15,16)11-8-6-10(2)7-9-11/h6-9H,5H2,1-4H3. The van der Waals surface area contributed by atoms with Gasteiger partial charge in [-0.25, -0.2) is 8.98 Å². The first kappa shape index (κ1) is 15.7. The van der Waals surface area contributed by atoms with Gasteiger partial charge < -0.3 is 4.74 Å². The Morgan fingerprint density at radius 2 is 1.74 bits per heavy atom. The van der Waals surface area contributed by atoms with Crippen LogP contribution in [-0.4, -0.2) is 26.6 Å². The number of aryl methyl sites for hydroxylation is 1. The summed E-state index contributed by atoms with van der Waals surface area (Å²) in [6, 6.07) is 6.19. The van der Waals surface area contributed by atoms with Gasteiger partial charge in [0.15, 0.2) is 5.60 Å². The third-order valence-corrected chi connectivity index (χ3v) is 3.88. The van der Waals surface area contributed by atoms with Crippen LogP contribution in [0.15, 0.2) is 29.2 Å². The molecule has 0 unspecified atom stereocenters. The largest absolute Gasteiger partial charge is 0.464 e. The van der Waals surface area contributed by atoms with Crippen LogP contribution in [0.1, 0.15) is 26.3 Å². The van der Waals surface area contributed by atoms with Crippen molar-refractivity contribution in [3.8, 4) is 0 Å². The summed E-state index contributed by atoms with van der Waals surface area (Å²) in [5.74, 6) is -0.717. The minimum atomic E-state index is -4.00. The molecular formula is C13H18O5S. The summed E-state index contributed by atoms with van der Waals surface area (Å²) in [5, 5.41) is 0. The van der Waals surface area contributed by atoms with Crippen molar-refractivity contribution in [2.24, 2.45) is 0 Å². The average molecular weight is 286 g/mol. The van der Waals surface area contributed by atoms with Crippen LogP contribution in [-0.2, 0) is 23.8 Å². The van der Waals surface area contributed by atoms with Crippen molar-refractivity contribution < 1.29 is 22.1 Å². The highest BCUT2D eigenvalue weighted by molar-refractivity contribution is 7.86. The molecule has 0 fully saturated rings. The molecule has 0 spiro atoms. The molecule has 106 valence electrons. The molecule has 0 N–H and O–H groups in total. The molecule has 0 radical (unpaired) electrons. The van der Waals surface area contributed by atoms with Gasteiger partial charge in [-0.15, -0.1) is 0 Å². The van der Waals surface area contributed by atoms with Gasteiger partial charge in [-0.05, 0) is 39.8 Å². The first-order chi connectivity index (χ1) is 8.69. The van der Waals surface area contributed by atoms with E-state index in [2.05, 4.69) is 0 Å². The Bertz CT molecular complexity index is 543. The molecule has 6 heteroatoms. The molecule has 0 saturated heterocycles. The summed E-state index contributed by atoms with van der Waals surface area (Å²) >= 11 is 0. The van der Waals surface area contributed by atoms with Crippen molar-refractivity contribution >= 4 is 16.1 Å². The highest BCUT2D eigenvalue weighted by Gasteiger charge is 2.36. The minimum Gasteiger partial charge on any atom is -0.464 e. The van der Waals surface area contributed by atoms with E-state index in [4.69, 9.17) is 8.92 Å². The monoisotopic (exact) mass is 286 g/mol. The van der Waals surface area contributed by atoms with E-state index in [9.17, 15) is 13.2 Å². The molecule has 0 aliphatic rings. The predicted octanol–water partition coefficient (Wildman–Crippen LogP) is 2.04. The first-order valence-corrected chi connectivity index (χ1v) is 7.29. The van der Waals surface area contributed by atoms with Gasteiger partial charge >= 0.3 is 5.97 Å². The van der Waals surface area contributed by atoms with E-state index in [-0.39, 0.29) is 11.5 Å². The number of carbonyl (C=O) groups excluding carboxylic acids is 1. The second kappa shape index (κ2) is 5.71. The number of benzene rings is 1. The van der Waals surface area contributed by atoms with E-state index in [1.165, 1.54) is 26.0 Å². The van der Waals surface area contributed by atoms with E-state index >= 15 is 0 Å². The van der Waals surface area contributed by atoms with Gasteiger partial charge in [-0.1, -0.05) is 17.7 Å². The van der Waals surface area contributed by atoms with Crippen LogP contribution in [0, 0.1) is 6.92 Å². The molecule has 1 rings (SSSR count). The number of esters is 1. The lowest BCUT2D eigenvalue weighted by atomic mass is 10.1. The number of ether oxygens (including phenoxy) is 1. The Balaban J connectivity index is 2.96. The van der Waals surface area contributed by atoms with E-state index in [1.807, 2.05) is 6.92 Å². The molecule has 0 aliphatic carbocycles. The summed E-state index contributed by atoms with van der Waals surface area (Å²) in [7, 11) is -4.00. The molecule has 0 heterocycles. The van der Waals surface area contributed by atoms with Crippen LogP contribution >= 0.6 is 0 Å². The smallest absolute Gasteiger partial charge is 0.339 e. The maximum absolute atomic E-state index is 12.0. The van der Waals surface area contributed by atoms with Crippen LogP contribution < -0.4 is 0 Å². The van der Waals surface area contributed by atoms with Gasteiger partial charge in [0.05, 0.1) is 11.5 Å². The Hall–Kier alpha value is -1.40. The van der Waals surface area contributed by atoms with E-state index in [1.54, 1.807) is 19.1 Å². The number of hydrogen-bond donors (Lipinski definition) is 0. The van der Waals surface area contributed by atoms with Gasteiger partial charge in [-0.3, -0.25) is 0 Å². The van der Waals surface area contributed by atoms with Crippen molar-refractivity contribution in [3.05, 3.63) is 29.8 Å². The zero-order valence-electron chi connectivity index (χ0n) is 11.5. The fourth-order valence-electron chi connectivity index (χ4n) is 1.37. The van der Waals surface area contributed by atoms with Gasteiger partial charge in [0.1, 0.15) is 0 Å². The molecule has 0 amide bonds. The van der Waals surface area contributed by atoms with Crippen molar-refractivity contribution in [2.45, 2.75) is 38.2 Å². The number of rotatable bonds is 5. The number of carbonyl (C=O) groups is 1. The fraction of sp³-hybridized carbons (Fsp3) is 0.462. The minimum absolute atomic E-state index is 0.00970. The third-order valence-electron chi connectivity index (χ3n) is 2.39. The van der Waals surface area contributed by atoms with Crippen LogP contribution in [0.4, 0.5) is 0 Å². The molecule has 1 aromatic rings. The summed E-state index contributed by atoms with van der Waals surface area (Å²) < 4.78 is 33.8. The van der Waals surface area contributed by atoms with E-state index in [0.717, 1.165) is 5.56 Å². The lowest BCUT2D eigenvalue weighted by molar-refractivity contribution is -0.158. The zero-order chi connectivity index (χ0) is 14.7. The maximum atomic E-state index is 12.0. The van der Waals surface area contributed by atoms with Gasteiger partial charge in [0.25, 0.3) is 10.1 Å². The summed E-state index contributed by atoms with van der Waals surface area (Å²) in [6.07, 6.45) is 0. The first-order valence-electron chi connectivity index (χ1n) is 5.88. The molecule has 1 aromatic carbocycles. The van der Waals surface area contributed by atoms with E-state index < -0.39 is 21.7 Å². The van der Waals surface area contributed by atoms with Crippen molar-refractivity contribution in [1.82, 2.24) is 0 Å². The van der Waals surface area contributed by atoms with Crippen molar-refractivity contribution in [2.75, 3.05) is 6.61 Å². The van der Waals surface area contributed by atoms with Crippen molar-refractivity contribution in [1.29, 1.82) is 0 Å². The van der Waals surface area contributed by atoms with Crippen LogP contribution in [0.2, 0.25) is 0 Å². The Morgan fingerprint density at radius 1 is 1.21 bits per heavy atom. The highest BCUT2D eigenvalue weighted by Crippen LogP contribution is 2.21. The second-order valence-electron chi connectivity index (χ2n) is 4.58. The SMILES string of the molecule is CCOC(=O)C(C)(C)OS(=O)(=O)c1ccc(C)cc1. The average Bonchev–Trinajstić information content (AvgIpc) is 2.28. The maximum Gasteiger partial charge on any atom is 0.339 e. The van der Waals surface area contributed by atoms with Gasteiger partial charge in [-0.2, -0.15) is 8.42 Å². The Morgan fingerprint density at radius 3 is 2.21 bits per heavy atom. The van der Waals surface area contributed by atoms with Crippen LogP contribution in [0.3, 0.4) is 0 Å². The van der Waals surface area contributed by atoms with Gasteiger partial charge in [0.2, 0.25) is 0 Å². The predicted molar refractivity (Wildman–Crippen MR) is 70.2 cm³/mol. The third kappa shape index (κ3) is 4.04. The molecule has 5 nitrogen and oxygen atoms in total. The quantitative estimate of drug-likeness (QED) is 0.612. The molecule has 19 heavy (non-hydrogen) atoms. The molecule has 0 bridgehead atoms. The Kier molecular flexibility index (Phi) is 4.70. The molecular weight excluding hydrogens is 268 g/mol. The van der Waals surface area contributed by atoms with Crippen LogP contribution in [0.5, 0.6) is 0 Å². The second-order valence-corrected chi connectivity index (χ2v) is 6.13. The van der Waals surface area contributed by atoms with Crippen LogP contribution in [0.25, 0.3) is 0 Å². The lowest BCUT2D eigenvalue weighted by Gasteiger charge is -2.22. The highest BCUT2D eigenvalue weighted by atomic mass is 32.2. The summed E-state index contributed by atoms with van der Waals surface area (Å²) in [4.78, 5) is 11.6. The summed E-state index contributed by atoms with van der Waals surface area (Å²) in [6.45, 7) is 6.37. The molecule has 0 aromatic heterocycles. The Labute approximate surface area is 113 Å². The molecule has 0 aliphatic heterocycles. The van der Waals surface area contributed by atoms with Gasteiger partial charge in [0, 0.05) is 0 Å². The summed E-state index contributed by atoms with van der Waals surface area (Å²) in [5.41, 5.74) is -0.622. The fourth-order valence-corrected chi connectivity index (χ4v) is 2.55. The van der Waals surface area contributed by atoms with Crippen molar-refractivity contribution in [3.63, 3.8) is 0 Å². The zero-order valence-corrected chi connectivity index (χ0v) is 12.3. The number of hydrogen-bond acceptors (Lipinski definition) is 5. The van der Waals surface area contributed by atoms with E-state index in [0.29, 0.717) is 0 Å². The molecule has 0 atom stereocenters. The lowest BCUT2D eigenvalue weighted by Crippen LogP contribution is -2.38. The normalized spacial score (nSPS) is 12.2. The molecule has 0 saturated carbocycles. The topological polar surface area (TPSA) is 69.7 Å².